The van der Waals surface area contributed by atoms with Crippen LogP contribution in [0.3, 0.4) is 0 Å². The van der Waals surface area contributed by atoms with Gasteiger partial charge in [0, 0.05) is 15.8 Å². The molecule has 0 saturated carbocycles. The van der Waals surface area contributed by atoms with Gasteiger partial charge in [-0.25, -0.2) is 4.98 Å². The van der Waals surface area contributed by atoms with Gasteiger partial charge in [0.15, 0.2) is 5.82 Å². The summed E-state index contributed by atoms with van der Waals surface area (Å²) < 4.78 is 0. The molecule has 4 heterocycles. The average molecular weight is 403 g/mol. The summed E-state index contributed by atoms with van der Waals surface area (Å²) in [5.74, 6) is 0.774. The van der Waals surface area contributed by atoms with Gasteiger partial charge in [0.1, 0.15) is 17.4 Å². The fourth-order valence-corrected chi connectivity index (χ4v) is 5.73. The highest BCUT2D eigenvalue weighted by Gasteiger charge is 2.23. The zero-order valence-electron chi connectivity index (χ0n) is 14.6. The van der Waals surface area contributed by atoms with Crippen LogP contribution < -0.4 is 10.5 Å². The Morgan fingerprint density at radius 2 is 2.00 bits per heavy atom. The van der Waals surface area contributed by atoms with Crippen molar-refractivity contribution in [2.24, 2.45) is 0 Å². The van der Waals surface area contributed by atoms with Crippen molar-refractivity contribution in [2.45, 2.75) is 26.4 Å². The van der Waals surface area contributed by atoms with Gasteiger partial charge in [0.05, 0.1) is 16.8 Å². The topological polar surface area (TPSA) is 50.2 Å². The number of H-pyrrole nitrogens is 1. The zero-order chi connectivity index (χ0) is 18.1. The third kappa shape index (κ3) is 3.27. The van der Waals surface area contributed by atoms with Gasteiger partial charge in [-0.2, -0.15) is 0 Å². The third-order valence-electron chi connectivity index (χ3n) is 4.71. The molecule has 7 heteroatoms. The molecule has 0 fully saturated rings. The normalized spacial score (nSPS) is 13.9. The molecule has 0 amide bonds. The lowest BCUT2D eigenvalue weighted by Gasteiger charge is -2.23. The van der Waals surface area contributed by atoms with Crippen LogP contribution in [0.5, 0.6) is 0 Å². The summed E-state index contributed by atoms with van der Waals surface area (Å²) in [6, 6.07) is 8.44. The summed E-state index contributed by atoms with van der Waals surface area (Å²) in [5.41, 5.74) is 0.958. The number of aromatic amines is 1. The first-order valence-corrected chi connectivity index (χ1v) is 11.2. The van der Waals surface area contributed by atoms with Gasteiger partial charge in [-0.1, -0.05) is 12.1 Å². The molecule has 2 atom stereocenters. The van der Waals surface area contributed by atoms with E-state index < -0.39 is 0 Å². The molecular weight excluding hydrogens is 382 g/mol. The number of nitrogens with one attached hydrogen (secondary N) is 2. The maximum absolute atomic E-state index is 12.8. The van der Waals surface area contributed by atoms with Crippen LogP contribution in [-0.4, -0.2) is 16.5 Å². The van der Waals surface area contributed by atoms with E-state index in [1.807, 2.05) is 22.9 Å². The van der Waals surface area contributed by atoms with Crippen LogP contribution in [0, 0.1) is 0 Å². The van der Waals surface area contributed by atoms with Crippen molar-refractivity contribution in [3.8, 4) is 10.4 Å². The van der Waals surface area contributed by atoms with Crippen molar-refractivity contribution >= 4 is 44.2 Å². The second-order valence-corrected chi connectivity index (χ2v) is 9.09. The largest absolute Gasteiger partial charge is 0.322 e. The first-order valence-electron chi connectivity index (χ1n) is 8.59. The summed E-state index contributed by atoms with van der Waals surface area (Å²) in [6.07, 6.45) is 0. The first kappa shape index (κ1) is 17.6. The molecule has 0 radical (unpaired) electrons. The van der Waals surface area contributed by atoms with E-state index in [0.29, 0.717) is 5.39 Å². The van der Waals surface area contributed by atoms with Crippen LogP contribution in [0.25, 0.3) is 20.7 Å². The van der Waals surface area contributed by atoms with Crippen LogP contribution in [0.1, 0.15) is 30.6 Å². The monoisotopic (exact) mass is 402 g/mol. The fraction of sp³-hybridized carbons (Fsp3) is 0.263. The molecule has 1 unspecified atom stereocenters. The minimum atomic E-state index is -0.0342. The average Bonchev–Trinajstić information content (AvgIpc) is 3.39. The van der Waals surface area contributed by atoms with E-state index >= 15 is 0 Å². The maximum atomic E-state index is 12.8. The lowest BCUT2D eigenvalue weighted by atomic mass is 10.2. The highest BCUT2D eigenvalue weighted by Crippen LogP contribution is 2.33. The molecule has 0 aromatic carbocycles. The van der Waals surface area contributed by atoms with Crippen molar-refractivity contribution in [1.29, 1.82) is 0 Å². The summed E-state index contributed by atoms with van der Waals surface area (Å²) >= 11 is 4.98. The summed E-state index contributed by atoms with van der Waals surface area (Å²) in [6.45, 7) is 6.24. The van der Waals surface area contributed by atoms with Gasteiger partial charge >= 0.3 is 0 Å². The van der Waals surface area contributed by atoms with Crippen LogP contribution in [0.2, 0.25) is 0 Å². The molecule has 4 nitrogen and oxygen atoms in total. The molecular formula is C19H20N3OS3+. The predicted octanol–water partition coefficient (Wildman–Crippen LogP) is 3.94. The van der Waals surface area contributed by atoms with E-state index in [1.54, 1.807) is 34.0 Å². The molecule has 4 aromatic rings. The van der Waals surface area contributed by atoms with Crippen molar-refractivity contribution in [1.82, 2.24) is 9.97 Å². The van der Waals surface area contributed by atoms with Crippen LogP contribution >= 0.6 is 34.0 Å². The minimum absolute atomic E-state index is 0.0342. The van der Waals surface area contributed by atoms with Crippen LogP contribution in [0.15, 0.2) is 45.2 Å². The van der Waals surface area contributed by atoms with Gasteiger partial charge in [-0.05, 0) is 36.7 Å². The van der Waals surface area contributed by atoms with E-state index in [4.69, 9.17) is 4.98 Å². The lowest BCUT2D eigenvalue weighted by molar-refractivity contribution is -0.941. The standard InChI is InChI=1S/C19H19N3OS3/c1-3-22(10-13-6-4-8-24-13)12(2)17-20-18(23)16-14(11-26-19(16)21-17)15-7-5-9-25-15/h4-9,11-12H,3,10H2,1-2H3,(H,20,21,23)/p+1/t12-/m0/s1. The number of thiophene rings is 3. The van der Waals surface area contributed by atoms with Gasteiger partial charge < -0.3 is 9.88 Å². The molecule has 4 rings (SSSR count). The number of hydrogen-bond donors (Lipinski definition) is 2. The second kappa shape index (κ2) is 7.44. The van der Waals surface area contributed by atoms with Crippen molar-refractivity contribution < 1.29 is 4.90 Å². The van der Waals surface area contributed by atoms with Crippen LogP contribution in [-0.2, 0) is 6.54 Å². The zero-order valence-corrected chi connectivity index (χ0v) is 17.1. The smallest absolute Gasteiger partial charge is 0.260 e. The molecule has 134 valence electrons. The summed E-state index contributed by atoms with van der Waals surface area (Å²) in [5, 5.41) is 6.90. The molecule has 0 aliphatic carbocycles. The van der Waals surface area contributed by atoms with Crippen molar-refractivity contribution in [3.63, 3.8) is 0 Å². The molecule has 0 bridgehead atoms. The Labute approximate surface area is 163 Å². The number of hydrogen-bond acceptors (Lipinski definition) is 5. The number of nitrogens with zero attached hydrogens (tertiary/aromatic N) is 1. The number of fused-ring (bicyclic) bond motifs is 1. The van der Waals surface area contributed by atoms with Gasteiger partial charge in [-0.3, -0.25) is 4.79 Å². The Balaban J connectivity index is 1.69. The highest BCUT2D eigenvalue weighted by molar-refractivity contribution is 7.18. The SMILES string of the molecule is CC[NH+](Cc1cccs1)[C@@H](C)c1nc2scc(-c3cccs3)c2c(=O)[nH]1. The van der Waals surface area contributed by atoms with Gasteiger partial charge in [-0.15, -0.1) is 34.0 Å². The summed E-state index contributed by atoms with van der Waals surface area (Å²) in [7, 11) is 0. The van der Waals surface area contributed by atoms with E-state index in [1.165, 1.54) is 9.78 Å². The Hall–Kier alpha value is -1.80. The van der Waals surface area contributed by atoms with E-state index in [-0.39, 0.29) is 11.6 Å². The second-order valence-electron chi connectivity index (χ2n) is 6.25. The van der Waals surface area contributed by atoms with E-state index in [2.05, 4.69) is 36.3 Å². The van der Waals surface area contributed by atoms with E-state index in [9.17, 15) is 4.79 Å². The third-order valence-corrected chi connectivity index (χ3v) is 7.36. The van der Waals surface area contributed by atoms with Crippen molar-refractivity contribution in [2.75, 3.05) is 6.54 Å². The molecule has 26 heavy (non-hydrogen) atoms. The maximum Gasteiger partial charge on any atom is 0.260 e. The molecule has 2 N–H and O–H groups in total. The first-order chi connectivity index (χ1) is 12.7. The van der Waals surface area contributed by atoms with Gasteiger partial charge in [0.25, 0.3) is 5.56 Å². The Morgan fingerprint density at radius 3 is 2.69 bits per heavy atom. The predicted molar refractivity (Wildman–Crippen MR) is 111 cm³/mol. The molecule has 4 aromatic heterocycles. The number of aromatic nitrogens is 2. The molecule has 0 spiro atoms. The minimum Gasteiger partial charge on any atom is -0.322 e. The molecule has 0 saturated heterocycles. The van der Waals surface area contributed by atoms with Crippen LogP contribution in [0.4, 0.5) is 0 Å². The highest BCUT2D eigenvalue weighted by atomic mass is 32.1. The Bertz CT molecular complexity index is 1050. The van der Waals surface area contributed by atoms with Crippen molar-refractivity contribution in [3.05, 3.63) is 61.5 Å². The Kier molecular flexibility index (Phi) is 5.04. The summed E-state index contributed by atoms with van der Waals surface area (Å²) in [4.78, 5) is 25.4. The lowest BCUT2D eigenvalue weighted by Crippen LogP contribution is -3.10. The fourth-order valence-electron chi connectivity index (χ4n) is 3.20. The number of quaternary nitrogens is 1. The number of rotatable bonds is 6. The van der Waals surface area contributed by atoms with E-state index in [0.717, 1.165) is 34.2 Å². The Morgan fingerprint density at radius 1 is 1.19 bits per heavy atom. The molecule has 0 aliphatic rings. The molecule has 0 aliphatic heterocycles. The van der Waals surface area contributed by atoms with Gasteiger partial charge in [0.2, 0.25) is 0 Å². The quantitative estimate of drug-likeness (QED) is 0.513.